The van der Waals surface area contributed by atoms with Crippen LogP contribution in [-0.2, 0) is 26.4 Å². The first-order chi connectivity index (χ1) is 13.0. The van der Waals surface area contributed by atoms with Crippen molar-refractivity contribution in [2.45, 2.75) is 44.4 Å². The molecule has 28 heavy (non-hydrogen) atoms. The number of anilines is 1. The lowest BCUT2D eigenvalue weighted by molar-refractivity contribution is -0.148. The van der Waals surface area contributed by atoms with Gasteiger partial charge in [0.15, 0.2) is 11.4 Å². The predicted molar refractivity (Wildman–Crippen MR) is 99.5 cm³/mol. The summed E-state index contributed by atoms with van der Waals surface area (Å²) in [5, 5.41) is 21.8. The quantitative estimate of drug-likeness (QED) is 0.397. The van der Waals surface area contributed by atoms with E-state index in [-0.39, 0.29) is 17.3 Å². The maximum absolute atomic E-state index is 13.2. The third-order valence-corrected chi connectivity index (χ3v) is 7.31. The molecule has 0 unspecified atom stereocenters. The van der Waals surface area contributed by atoms with Gasteiger partial charge in [0.1, 0.15) is 17.4 Å². The highest BCUT2D eigenvalue weighted by Gasteiger charge is 2.73. The zero-order valence-corrected chi connectivity index (χ0v) is 16.2. The summed E-state index contributed by atoms with van der Waals surface area (Å²) in [6.45, 7) is 5.05. The second-order valence-electron chi connectivity index (χ2n) is 8.88. The minimum absolute atomic E-state index is 0.238. The highest BCUT2D eigenvalue weighted by molar-refractivity contribution is 6.27. The number of ketones is 1. The van der Waals surface area contributed by atoms with Gasteiger partial charge in [0.05, 0.1) is 5.69 Å². The van der Waals surface area contributed by atoms with Crippen LogP contribution in [0.3, 0.4) is 0 Å². The van der Waals surface area contributed by atoms with Gasteiger partial charge in [-0.05, 0) is 44.7 Å². The smallest absolute Gasteiger partial charge is 0.263 e. The molecule has 146 valence electrons. The van der Waals surface area contributed by atoms with Gasteiger partial charge in [-0.15, -0.1) is 0 Å². The van der Waals surface area contributed by atoms with Crippen LogP contribution in [0.4, 0.5) is 5.69 Å². The SMILES string of the molecule is C/C(O)=C1\C(=O)[C@@H]2[C@@H]3[C@@H](Cc4cccc5c4[C@]3(O)C(=O)N5C)C(C)(C)N2C1=O. The molecule has 7 heteroatoms. The number of allylic oxidation sites excluding steroid dienone is 1. The van der Waals surface area contributed by atoms with E-state index in [1.807, 2.05) is 26.0 Å². The zero-order valence-electron chi connectivity index (χ0n) is 16.2. The number of aliphatic hydroxyl groups is 2. The molecule has 0 radical (unpaired) electrons. The maximum Gasteiger partial charge on any atom is 0.263 e. The summed E-state index contributed by atoms with van der Waals surface area (Å²) >= 11 is 0. The molecule has 1 aromatic carbocycles. The van der Waals surface area contributed by atoms with Gasteiger partial charge >= 0.3 is 0 Å². The predicted octanol–water partition coefficient (Wildman–Crippen LogP) is 1.04. The van der Waals surface area contributed by atoms with Crippen LogP contribution >= 0.6 is 0 Å². The van der Waals surface area contributed by atoms with Crippen molar-refractivity contribution in [2.75, 3.05) is 11.9 Å². The average Bonchev–Trinajstić information content (AvgIpc) is 3.11. The number of carbonyl (C=O) groups excluding carboxylic acids is 3. The fraction of sp³-hybridized carbons (Fsp3) is 0.476. The second kappa shape index (κ2) is 4.84. The Morgan fingerprint density at radius 3 is 2.54 bits per heavy atom. The van der Waals surface area contributed by atoms with Crippen molar-refractivity contribution in [3.05, 3.63) is 40.7 Å². The van der Waals surface area contributed by atoms with Crippen molar-refractivity contribution in [3.63, 3.8) is 0 Å². The van der Waals surface area contributed by atoms with Gasteiger partial charge in [-0.3, -0.25) is 14.4 Å². The van der Waals surface area contributed by atoms with E-state index in [4.69, 9.17) is 0 Å². The third-order valence-electron chi connectivity index (χ3n) is 7.31. The van der Waals surface area contributed by atoms with Crippen molar-refractivity contribution in [3.8, 4) is 0 Å². The number of hydrogen-bond acceptors (Lipinski definition) is 5. The molecule has 1 aliphatic carbocycles. The number of benzene rings is 1. The number of nitrogens with zero attached hydrogens (tertiary/aromatic N) is 2. The normalized spacial score (nSPS) is 36.6. The van der Waals surface area contributed by atoms with Gasteiger partial charge in [-0.25, -0.2) is 0 Å². The first-order valence-corrected chi connectivity index (χ1v) is 9.45. The molecule has 3 aliphatic heterocycles. The number of aliphatic hydroxyl groups excluding tert-OH is 1. The number of Topliss-reactive ketones (excluding diaryl/α,β-unsaturated/α-hetero) is 1. The standard InChI is InChI=1S/C21H22N2O5/c1-9(24)13-17(25)16-15-11(20(2,3)23(16)18(13)26)8-10-6-5-7-12-14(10)21(15,28)19(27)22(12)4/h5-7,11,15-16,24,28H,8H2,1-4H3/b13-9-/t11-,15+,16+,21-/m1/s1. The Hall–Kier alpha value is -2.67. The number of hydrogen-bond donors (Lipinski definition) is 2. The highest BCUT2D eigenvalue weighted by atomic mass is 16.3. The van der Waals surface area contributed by atoms with E-state index in [0.29, 0.717) is 17.7 Å². The zero-order chi connectivity index (χ0) is 20.3. The summed E-state index contributed by atoms with van der Waals surface area (Å²) in [5.41, 5.74) is -0.787. The summed E-state index contributed by atoms with van der Waals surface area (Å²) in [6.07, 6.45) is 0.564. The van der Waals surface area contributed by atoms with E-state index in [0.717, 1.165) is 5.56 Å². The number of carbonyl (C=O) groups is 3. The molecule has 4 aliphatic rings. The Labute approximate surface area is 162 Å². The molecule has 2 fully saturated rings. The summed E-state index contributed by atoms with van der Waals surface area (Å²) in [5.74, 6) is -2.87. The van der Waals surface area contributed by atoms with Crippen LogP contribution in [0.5, 0.6) is 0 Å². The average molecular weight is 382 g/mol. The monoisotopic (exact) mass is 382 g/mol. The molecule has 7 nitrogen and oxygen atoms in total. The molecular weight excluding hydrogens is 360 g/mol. The Kier molecular flexibility index (Phi) is 3.01. The van der Waals surface area contributed by atoms with E-state index >= 15 is 0 Å². The lowest BCUT2D eigenvalue weighted by Crippen LogP contribution is -2.54. The van der Waals surface area contributed by atoms with Gasteiger partial charge < -0.3 is 20.0 Å². The summed E-state index contributed by atoms with van der Waals surface area (Å²) in [7, 11) is 1.62. The number of likely N-dealkylation sites (N-methyl/N-ethyl adjacent to an activating group) is 1. The molecule has 2 N–H and O–H groups in total. The topological polar surface area (TPSA) is 98.1 Å². The van der Waals surface area contributed by atoms with Gasteiger partial charge in [-0.2, -0.15) is 0 Å². The van der Waals surface area contributed by atoms with E-state index < -0.39 is 40.7 Å². The van der Waals surface area contributed by atoms with Gasteiger partial charge in [-0.1, -0.05) is 12.1 Å². The Bertz CT molecular complexity index is 1020. The van der Waals surface area contributed by atoms with E-state index in [1.165, 1.54) is 16.7 Å². The van der Waals surface area contributed by atoms with E-state index in [9.17, 15) is 24.6 Å². The lowest BCUT2D eigenvalue weighted by atomic mass is 9.61. The van der Waals surface area contributed by atoms with Crippen LogP contribution in [0, 0.1) is 11.8 Å². The summed E-state index contributed by atoms with van der Waals surface area (Å²) in [6, 6.07) is 4.59. The molecule has 0 aromatic heterocycles. The largest absolute Gasteiger partial charge is 0.512 e. The molecule has 0 spiro atoms. The van der Waals surface area contributed by atoms with Crippen molar-refractivity contribution in [1.82, 2.24) is 4.90 Å². The van der Waals surface area contributed by atoms with E-state index in [1.54, 1.807) is 13.1 Å². The summed E-state index contributed by atoms with van der Waals surface area (Å²) < 4.78 is 0. The lowest BCUT2D eigenvalue weighted by Gasteiger charge is -2.42. The van der Waals surface area contributed by atoms with Crippen LogP contribution in [0.15, 0.2) is 29.5 Å². The fourth-order valence-corrected chi connectivity index (χ4v) is 6.12. The van der Waals surface area contributed by atoms with Gasteiger partial charge in [0.25, 0.3) is 11.8 Å². The molecule has 0 bridgehead atoms. The first-order valence-electron chi connectivity index (χ1n) is 9.45. The molecule has 3 heterocycles. The van der Waals surface area contributed by atoms with Crippen LogP contribution in [0.1, 0.15) is 31.9 Å². The number of amides is 2. The van der Waals surface area contributed by atoms with Crippen LogP contribution < -0.4 is 4.90 Å². The molecule has 2 saturated heterocycles. The summed E-state index contributed by atoms with van der Waals surface area (Å²) in [4.78, 5) is 42.4. The molecule has 2 amide bonds. The van der Waals surface area contributed by atoms with Gasteiger partial charge in [0, 0.05) is 24.1 Å². The Balaban J connectivity index is 1.80. The molecule has 0 saturated carbocycles. The van der Waals surface area contributed by atoms with Gasteiger partial charge in [0.2, 0.25) is 0 Å². The number of fused-ring (bicyclic) bond motifs is 4. The second-order valence-corrected chi connectivity index (χ2v) is 8.88. The number of rotatable bonds is 0. The highest BCUT2D eigenvalue weighted by Crippen LogP contribution is 2.61. The Morgan fingerprint density at radius 2 is 1.89 bits per heavy atom. The third kappa shape index (κ3) is 1.60. The fourth-order valence-electron chi connectivity index (χ4n) is 6.12. The minimum Gasteiger partial charge on any atom is -0.512 e. The molecule has 1 aromatic rings. The first kappa shape index (κ1) is 17.4. The van der Waals surface area contributed by atoms with Crippen molar-refractivity contribution in [2.24, 2.45) is 11.8 Å². The minimum atomic E-state index is -1.87. The van der Waals surface area contributed by atoms with Crippen LogP contribution in [0.2, 0.25) is 0 Å². The van der Waals surface area contributed by atoms with Crippen molar-refractivity contribution >= 4 is 23.3 Å². The van der Waals surface area contributed by atoms with Crippen LogP contribution in [-0.4, -0.2) is 51.3 Å². The molecule has 5 rings (SSSR count). The maximum atomic E-state index is 13.2. The van der Waals surface area contributed by atoms with Crippen molar-refractivity contribution < 1.29 is 24.6 Å². The van der Waals surface area contributed by atoms with E-state index in [2.05, 4.69) is 0 Å². The van der Waals surface area contributed by atoms with Crippen molar-refractivity contribution in [1.29, 1.82) is 0 Å². The molecular formula is C21H22N2O5. The Morgan fingerprint density at radius 1 is 1.21 bits per heavy atom. The van der Waals surface area contributed by atoms with Crippen LogP contribution in [0.25, 0.3) is 0 Å². The molecule has 4 atom stereocenters.